The van der Waals surface area contributed by atoms with E-state index in [2.05, 4.69) is 0 Å². The van der Waals surface area contributed by atoms with Gasteiger partial charge in [-0.05, 0) is 26.3 Å². The molecular formula is C12H18N2O3. The van der Waals surface area contributed by atoms with Crippen molar-refractivity contribution in [1.29, 1.82) is 0 Å². The Balaban J connectivity index is 3.35. The molecule has 0 saturated carbocycles. The first-order valence-electron chi connectivity index (χ1n) is 5.51. The third kappa shape index (κ3) is 2.24. The highest BCUT2D eigenvalue weighted by atomic mass is 16.5. The van der Waals surface area contributed by atoms with E-state index in [4.69, 9.17) is 10.5 Å². The van der Waals surface area contributed by atoms with Crippen LogP contribution in [0.5, 0.6) is 0 Å². The van der Waals surface area contributed by atoms with Gasteiger partial charge in [0.2, 0.25) is 0 Å². The molecule has 0 aliphatic rings. The van der Waals surface area contributed by atoms with Crippen molar-refractivity contribution in [1.82, 2.24) is 4.57 Å². The number of aromatic nitrogens is 1. The van der Waals surface area contributed by atoms with Crippen LogP contribution in [0.2, 0.25) is 0 Å². The van der Waals surface area contributed by atoms with Crippen LogP contribution in [0, 0.1) is 13.8 Å². The Hall–Kier alpha value is -1.62. The first kappa shape index (κ1) is 13.4. The number of rotatable bonds is 4. The van der Waals surface area contributed by atoms with E-state index in [0.29, 0.717) is 23.4 Å². The molecule has 5 heteroatoms. The molecule has 17 heavy (non-hydrogen) atoms. The average molecular weight is 238 g/mol. The molecule has 94 valence electrons. The summed E-state index contributed by atoms with van der Waals surface area (Å²) in [5.41, 5.74) is 7.68. The molecule has 0 fully saturated rings. The smallest absolute Gasteiger partial charge is 0.355 e. The summed E-state index contributed by atoms with van der Waals surface area (Å²) >= 11 is 0. The Morgan fingerprint density at radius 3 is 2.41 bits per heavy atom. The molecule has 0 aliphatic carbocycles. The van der Waals surface area contributed by atoms with Crippen LogP contribution in [0.1, 0.15) is 39.0 Å². The van der Waals surface area contributed by atoms with Crippen LogP contribution in [0.3, 0.4) is 0 Å². The number of Topliss-reactive ketones (excluding diaryl/α,β-unsaturated/α-hetero) is 1. The van der Waals surface area contributed by atoms with E-state index in [-0.39, 0.29) is 12.3 Å². The Morgan fingerprint density at radius 1 is 1.35 bits per heavy atom. The summed E-state index contributed by atoms with van der Waals surface area (Å²) in [5, 5.41) is 0. The molecule has 0 spiro atoms. The fourth-order valence-electron chi connectivity index (χ4n) is 1.98. The molecule has 0 unspecified atom stereocenters. The van der Waals surface area contributed by atoms with Crippen molar-refractivity contribution in [2.45, 2.75) is 20.8 Å². The number of nitrogens with two attached hydrogens (primary N) is 1. The lowest BCUT2D eigenvalue weighted by Crippen LogP contribution is -2.15. The molecule has 1 aromatic heterocycles. The van der Waals surface area contributed by atoms with Gasteiger partial charge >= 0.3 is 5.97 Å². The normalized spacial score (nSPS) is 10.4. The topological polar surface area (TPSA) is 74.3 Å². The monoisotopic (exact) mass is 238 g/mol. The molecule has 0 saturated heterocycles. The minimum Gasteiger partial charge on any atom is -0.461 e. The van der Waals surface area contributed by atoms with Crippen molar-refractivity contribution in [2.24, 2.45) is 12.8 Å². The van der Waals surface area contributed by atoms with Crippen LogP contribution in [-0.4, -0.2) is 29.5 Å². The number of hydrogen-bond donors (Lipinski definition) is 1. The van der Waals surface area contributed by atoms with Crippen LogP contribution < -0.4 is 5.73 Å². The molecule has 0 aromatic carbocycles. The predicted octanol–water partition coefficient (Wildman–Crippen LogP) is 0.960. The summed E-state index contributed by atoms with van der Waals surface area (Å²) in [6.07, 6.45) is 0. The fourth-order valence-corrected chi connectivity index (χ4v) is 1.98. The first-order chi connectivity index (χ1) is 7.95. The van der Waals surface area contributed by atoms with Gasteiger partial charge in [-0.3, -0.25) is 4.79 Å². The molecule has 0 radical (unpaired) electrons. The maximum Gasteiger partial charge on any atom is 0.355 e. The fraction of sp³-hybridized carbons (Fsp3) is 0.500. The quantitative estimate of drug-likeness (QED) is 0.626. The minimum atomic E-state index is -0.410. The molecule has 5 nitrogen and oxygen atoms in total. The molecule has 0 aliphatic heterocycles. The highest BCUT2D eigenvalue weighted by Crippen LogP contribution is 2.22. The maximum absolute atomic E-state index is 11.8. The van der Waals surface area contributed by atoms with Crippen LogP contribution in [-0.2, 0) is 11.8 Å². The average Bonchev–Trinajstić information content (AvgIpc) is 2.50. The van der Waals surface area contributed by atoms with E-state index >= 15 is 0 Å². The van der Waals surface area contributed by atoms with Crippen molar-refractivity contribution in [3.05, 3.63) is 22.5 Å². The SMILES string of the molecule is CCOC(=O)c1c(C)c(C(=O)CN)c(C)n1C. The lowest BCUT2D eigenvalue weighted by Gasteiger charge is -2.05. The van der Waals surface area contributed by atoms with Crippen molar-refractivity contribution >= 4 is 11.8 Å². The lowest BCUT2D eigenvalue weighted by molar-refractivity contribution is 0.0514. The van der Waals surface area contributed by atoms with Crippen molar-refractivity contribution in [2.75, 3.05) is 13.2 Å². The number of esters is 1. The number of carbonyl (C=O) groups excluding carboxylic acids is 2. The number of hydrogen-bond acceptors (Lipinski definition) is 4. The second-order valence-electron chi connectivity index (χ2n) is 3.84. The van der Waals surface area contributed by atoms with Crippen LogP contribution in [0.4, 0.5) is 0 Å². The zero-order valence-electron chi connectivity index (χ0n) is 10.7. The van der Waals surface area contributed by atoms with Gasteiger partial charge in [0.25, 0.3) is 0 Å². The summed E-state index contributed by atoms with van der Waals surface area (Å²) in [7, 11) is 1.74. The maximum atomic E-state index is 11.8. The molecule has 1 aromatic rings. The van der Waals surface area contributed by atoms with Gasteiger partial charge < -0.3 is 15.0 Å². The van der Waals surface area contributed by atoms with Gasteiger partial charge in [0.05, 0.1) is 13.2 Å². The van der Waals surface area contributed by atoms with Crippen LogP contribution >= 0.6 is 0 Å². The zero-order chi connectivity index (χ0) is 13.2. The van der Waals surface area contributed by atoms with Crippen LogP contribution in [0.25, 0.3) is 0 Å². The van der Waals surface area contributed by atoms with E-state index in [1.165, 1.54) is 0 Å². The molecule has 0 amide bonds. The second-order valence-corrected chi connectivity index (χ2v) is 3.84. The number of carbonyl (C=O) groups is 2. The lowest BCUT2D eigenvalue weighted by atomic mass is 10.1. The number of nitrogens with zero attached hydrogens (tertiary/aromatic N) is 1. The van der Waals surface area contributed by atoms with Gasteiger partial charge in [-0.1, -0.05) is 0 Å². The third-order valence-electron chi connectivity index (χ3n) is 2.86. The molecule has 0 bridgehead atoms. The Bertz CT molecular complexity index is 461. The predicted molar refractivity (Wildman–Crippen MR) is 64.2 cm³/mol. The number of ether oxygens (including phenoxy) is 1. The first-order valence-corrected chi connectivity index (χ1v) is 5.51. The highest BCUT2D eigenvalue weighted by Gasteiger charge is 2.24. The van der Waals surface area contributed by atoms with E-state index in [1.807, 2.05) is 0 Å². The van der Waals surface area contributed by atoms with E-state index in [9.17, 15) is 9.59 Å². The minimum absolute atomic E-state index is 0.0615. The standard InChI is InChI=1S/C12H18N2O3/c1-5-17-12(16)11-7(2)10(9(15)6-13)8(3)14(11)4/h5-6,13H2,1-4H3. The van der Waals surface area contributed by atoms with Gasteiger partial charge in [-0.25, -0.2) is 4.79 Å². The Labute approximate surface area is 101 Å². The van der Waals surface area contributed by atoms with Gasteiger partial charge in [0, 0.05) is 18.3 Å². The van der Waals surface area contributed by atoms with Crippen molar-refractivity contribution in [3.63, 3.8) is 0 Å². The summed E-state index contributed by atoms with van der Waals surface area (Å²) in [5.74, 6) is -0.571. The molecule has 2 N–H and O–H groups in total. The van der Waals surface area contributed by atoms with Crippen molar-refractivity contribution in [3.8, 4) is 0 Å². The Kier molecular flexibility index (Phi) is 4.07. The summed E-state index contributed by atoms with van der Waals surface area (Å²) in [6, 6.07) is 0. The Morgan fingerprint density at radius 2 is 1.94 bits per heavy atom. The van der Waals surface area contributed by atoms with Gasteiger partial charge in [-0.15, -0.1) is 0 Å². The van der Waals surface area contributed by atoms with Gasteiger partial charge in [-0.2, -0.15) is 0 Å². The molecule has 0 atom stereocenters. The highest BCUT2D eigenvalue weighted by molar-refractivity contribution is 6.03. The summed E-state index contributed by atoms with van der Waals surface area (Å²) in [4.78, 5) is 23.5. The second kappa shape index (κ2) is 5.14. The molecular weight excluding hydrogens is 220 g/mol. The van der Waals surface area contributed by atoms with Crippen LogP contribution in [0.15, 0.2) is 0 Å². The molecule has 1 rings (SSSR count). The zero-order valence-corrected chi connectivity index (χ0v) is 10.7. The largest absolute Gasteiger partial charge is 0.461 e. The van der Waals surface area contributed by atoms with E-state index in [1.54, 1.807) is 32.4 Å². The summed E-state index contributed by atoms with van der Waals surface area (Å²) in [6.45, 7) is 5.52. The third-order valence-corrected chi connectivity index (χ3v) is 2.86. The number of ketones is 1. The van der Waals surface area contributed by atoms with Crippen molar-refractivity contribution < 1.29 is 14.3 Å². The summed E-state index contributed by atoms with van der Waals surface area (Å²) < 4.78 is 6.65. The molecule has 1 heterocycles. The van der Waals surface area contributed by atoms with E-state index in [0.717, 1.165) is 5.69 Å². The van der Waals surface area contributed by atoms with Gasteiger partial charge in [0.1, 0.15) is 5.69 Å². The van der Waals surface area contributed by atoms with E-state index < -0.39 is 5.97 Å². The van der Waals surface area contributed by atoms with Gasteiger partial charge in [0.15, 0.2) is 5.78 Å².